The van der Waals surface area contributed by atoms with Crippen LogP contribution in [0.25, 0.3) is 0 Å². The molecule has 0 nitrogen and oxygen atoms in total. The summed E-state index contributed by atoms with van der Waals surface area (Å²) in [7, 11) is 0. The van der Waals surface area contributed by atoms with Gasteiger partial charge in [0.05, 0.1) is 0 Å². The first kappa shape index (κ1) is 11.1. The van der Waals surface area contributed by atoms with Gasteiger partial charge in [-0.15, -0.1) is 0 Å². The molecular formula is C10H16Li. The van der Waals surface area contributed by atoms with Crippen LogP contribution in [-0.2, 0) is 0 Å². The molecule has 0 saturated heterocycles. The first-order valence-corrected chi connectivity index (χ1v) is 3.97. The van der Waals surface area contributed by atoms with E-state index in [0.717, 1.165) is 0 Å². The van der Waals surface area contributed by atoms with Crippen molar-refractivity contribution in [2.45, 2.75) is 33.6 Å². The average Bonchev–Trinajstić information content (AvgIpc) is 2.14. The predicted molar refractivity (Wildman–Crippen MR) is 52.8 cm³/mol. The fraction of sp³-hybridized carbons (Fsp3) is 0.500. The fourth-order valence-corrected chi connectivity index (χ4v) is 1.26. The second-order valence-corrected chi connectivity index (χ2v) is 2.98. The number of allylic oxidation sites excluding steroid dienone is 4. The molecule has 57 valence electrons. The van der Waals surface area contributed by atoms with Gasteiger partial charge in [0.15, 0.2) is 0 Å². The number of rotatable bonds is 2. The molecule has 0 N–H and O–H groups in total. The summed E-state index contributed by atoms with van der Waals surface area (Å²) in [5.74, 6) is 1.50. The normalized spacial score (nSPS) is 17.4. The van der Waals surface area contributed by atoms with Crippen molar-refractivity contribution in [1.82, 2.24) is 0 Å². The van der Waals surface area contributed by atoms with E-state index in [0.29, 0.717) is 0 Å². The van der Waals surface area contributed by atoms with Gasteiger partial charge in [0, 0.05) is 5.92 Å². The van der Waals surface area contributed by atoms with Crippen molar-refractivity contribution in [3.8, 4) is 0 Å². The predicted octanol–water partition coefficient (Wildman–Crippen LogP) is 2.62. The summed E-state index contributed by atoms with van der Waals surface area (Å²) in [6.45, 7) is 6.57. The van der Waals surface area contributed by atoms with Gasteiger partial charge in [-0.1, -0.05) is 36.6 Å². The van der Waals surface area contributed by atoms with Crippen LogP contribution in [0.15, 0.2) is 23.3 Å². The Labute approximate surface area is 81.9 Å². The van der Waals surface area contributed by atoms with Gasteiger partial charge >= 0.3 is 18.9 Å². The Morgan fingerprint density at radius 1 is 1.09 bits per heavy atom. The third kappa shape index (κ3) is 2.89. The van der Waals surface area contributed by atoms with E-state index >= 15 is 0 Å². The zero-order valence-corrected chi connectivity index (χ0v) is 7.07. The van der Waals surface area contributed by atoms with Crippen LogP contribution in [0.3, 0.4) is 0 Å². The summed E-state index contributed by atoms with van der Waals surface area (Å²) in [6.07, 6.45) is 7.06. The van der Waals surface area contributed by atoms with Crippen molar-refractivity contribution in [2.75, 3.05) is 0 Å². The van der Waals surface area contributed by atoms with Gasteiger partial charge in [-0.05, 0) is 20.3 Å². The van der Waals surface area contributed by atoms with E-state index in [9.17, 15) is 0 Å². The van der Waals surface area contributed by atoms with Crippen molar-refractivity contribution in [3.63, 3.8) is 0 Å². The molecule has 1 heteroatoms. The number of hydrogen-bond donors (Lipinski definition) is 0. The summed E-state index contributed by atoms with van der Waals surface area (Å²) in [5, 5.41) is 0. The molecule has 1 aliphatic carbocycles. The maximum atomic E-state index is 2.29. The van der Waals surface area contributed by atoms with Crippen LogP contribution in [0.5, 0.6) is 0 Å². The molecule has 1 rings (SSSR count). The van der Waals surface area contributed by atoms with Crippen LogP contribution in [0.1, 0.15) is 33.6 Å². The average molecular weight is 143 g/mol. The molecule has 0 spiro atoms. The fourth-order valence-electron chi connectivity index (χ4n) is 1.26. The van der Waals surface area contributed by atoms with Crippen molar-refractivity contribution >= 4 is 18.9 Å². The molecule has 1 radical (unpaired) electrons. The quantitative estimate of drug-likeness (QED) is 0.521. The third-order valence-electron chi connectivity index (χ3n) is 1.96. The zero-order valence-electron chi connectivity index (χ0n) is 7.07. The van der Waals surface area contributed by atoms with Gasteiger partial charge in [-0.3, -0.25) is 0 Å². The van der Waals surface area contributed by atoms with Crippen LogP contribution < -0.4 is 0 Å². The van der Waals surface area contributed by atoms with Crippen LogP contribution >= 0.6 is 0 Å². The SMILES string of the molecule is CCC[C]1C=C(C)C(C)=C1.[LiH]. The molecule has 0 saturated carbocycles. The molecule has 0 unspecified atom stereocenters. The van der Waals surface area contributed by atoms with E-state index in [1.54, 1.807) is 0 Å². The Kier molecular flexibility index (Phi) is 4.89. The second-order valence-electron chi connectivity index (χ2n) is 2.98. The Morgan fingerprint density at radius 3 is 1.91 bits per heavy atom. The monoisotopic (exact) mass is 143 g/mol. The van der Waals surface area contributed by atoms with Crippen LogP contribution in [-0.4, -0.2) is 18.9 Å². The topological polar surface area (TPSA) is 0 Å². The summed E-state index contributed by atoms with van der Waals surface area (Å²) < 4.78 is 0. The van der Waals surface area contributed by atoms with Crippen LogP contribution in [0, 0.1) is 5.92 Å². The minimum absolute atomic E-state index is 0. The maximum absolute atomic E-state index is 2.29. The Morgan fingerprint density at radius 2 is 1.55 bits per heavy atom. The molecule has 0 heterocycles. The molecule has 0 aromatic rings. The van der Waals surface area contributed by atoms with Crippen molar-refractivity contribution in [1.29, 1.82) is 0 Å². The molecule has 0 atom stereocenters. The van der Waals surface area contributed by atoms with Crippen LogP contribution in [0.2, 0.25) is 0 Å². The second kappa shape index (κ2) is 4.86. The third-order valence-corrected chi connectivity index (χ3v) is 1.96. The molecule has 0 aliphatic heterocycles. The summed E-state index contributed by atoms with van der Waals surface area (Å²) in [6, 6.07) is 0. The van der Waals surface area contributed by atoms with Gasteiger partial charge in [0.1, 0.15) is 0 Å². The molecule has 0 bridgehead atoms. The van der Waals surface area contributed by atoms with E-state index < -0.39 is 0 Å². The van der Waals surface area contributed by atoms with Gasteiger partial charge in [0.2, 0.25) is 0 Å². The Balaban J connectivity index is 0.000001000. The standard InChI is InChI=1S/C10H15.Li.H/c1-4-5-10-6-8(2)9(3)7-10;;/h6-7H,4-5H2,1-3H3;;. The molecular weight excluding hydrogens is 127 g/mol. The van der Waals surface area contributed by atoms with E-state index in [1.807, 2.05) is 0 Å². The molecule has 1 aliphatic rings. The molecule has 0 fully saturated rings. The van der Waals surface area contributed by atoms with Crippen molar-refractivity contribution in [2.24, 2.45) is 0 Å². The minimum atomic E-state index is 0. The van der Waals surface area contributed by atoms with Gasteiger partial charge in [-0.25, -0.2) is 0 Å². The Hall–Kier alpha value is 0.0774. The van der Waals surface area contributed by atoms with Crippen molar-refractivity contribution in [3.05, 3.63) is 29.2 Å². The first-order valence-electron chi connectivity index (χ1n) is 3.97. The number of hydrogen-bond acceptors (Lipinski definition) is 0. The van der Waals surface area contributed by atoms with E-state index in [4.69, 9.17) is 0 Å². The Bertz CT molecular complexity index is 159. The van der Waals surface area contributed by atoms with E-state index in [-0.39, 0.29) is 18.9 Å². The molecule has 0 aromatic heterocycles. The van der Waals surface area contributed by atoms with E-state index in [2.05, 4.69) is 32.9 Å². The summed E-state index contributed by atoms with van der Waals surface area (Å²) >= 11 is 0. The van der Waals surface area contributed by atoms with Crippen LogP contribution in [0.4, 0.5) is 0 Å². The molecule has 0 amide bonds. The van der Waals surface area contributed by atoms with E-state index in [1.165, 1.54) is 29.9 Å². The van der Waals surface area contributed by atoms with Crippen molar-refractivity contribution < 1.29 is 0 Å². The van der Waals surface area contributed by atoms with Gasteiger partial charge in [-0.2, -0.15) is 0 Å². The summed E-state index contributed by atoms with van der Waals surface area (Å²) in [5.41, 5.74) is 2.87. The first-order chi connectivity index (χ1) is 4.74. The summed E-state index contributed by atoms with van der Waals surface area (Å²) in [4.78, 5) is 0. The molecule has 11 heavy (non-hydrogen) atoms. The zero-order chi connectivity index (χ0) is 7.56. The van der Waals surface area contributed by atoms with Gasteiger partial charge in [0.25, 0.3) is 0 Å². The molecule has 0 aromatic carbocycles. The van der Waals surface area contributed by atoms with Gasteiger partial charge < -0.3 is 0 Å².